The van der Waals surface area contributed by atoms with Gasteiger partial charge in [0.25, 0.3) is 0 Å². The molecule has 5 aliphatic rings. The quantitative estimate of drug-likeness (QED) is 0.472. The van der Waals surface area contributed by atoms with Gasteiger partial charge in [-0.3, -0.25) is 14.4 Å². The molecule has 5 rings (SSSR count). The Kier molecular flexibility index (Phi) is 4.67. The van der Waals surface area contributed by atoms with E-state index >= 15 is 0 Å². The second-order valence-electron chi connectivity index (χ2n) is 10.1. The predicted octanol–water partition coefficient (Wildman–Crippen LogP) is 4.30. The van der Waals surface area contributed by atoms with E-state index in [-0.39, 0.29) is 46.3 Å². The zero-order valence-corrected chi connectivity index (χ0v) is 19.1. The van der Waals surface area contributed by atoms with Crippen molar-refractivity contribution >= 4 is 28.6 Å². The first kappa shape index (κ1) is 21.4. The van der Waals surface area contributed by atoms with Crippen molar-refractivity contribution in [1.82, 2.24) is 0 Å². The molecule has 4 fully saturated rings. The zero-order chi connectivity index (χ0) is 22.2. The first-order valence-corrected chi connectivity index (χ1v) is 12.2. The van der Waals surface area contributed by atoms with Crippen LogP contribution in [-0.4, -0.2) is 40.2 Å². The minimum absolute atomic E-state index is 0.0281. The molecule has 0 unspecified atom stereocenters. The van der Waals surface area contributed by atoms with Crippen molar-refractivity contribution < 1.29 is 28.2 Å². The Labute approximate surface area is 186 Å². The Morgan fingerprint density at radius 2 is 2.06 bits per heavy atom. The fourth-order valence-corrected chi connectivity index (χ4v) is 8.32. The topological polar surface area (TPSA) is 73.0 Å². The number of fused-ring (bicyclic) bond motifs is 3. The van der Waals surface area contributed by atoms with Gasteiger partial charge in [-0.2, -0.15) is 0 Å². The lowest BCUT2D eigenvalue weighted by molar-refractivity contribution is -0.181. The van der Waals surface area contributed by atoms with Crippen LogP contribution >= 0.6 is 11.8 Å². The molecule has 168 valence electrons. The maximum absolute atomic E-state index is 13.2. The van der Waals surface area contributed by atoms with Gasteiger partial charge in [0, 0.05) is 17.3 Å². The van der Waals surface area contributed by atoms with Crippen molar-refractivity contribution in [2.75, 3.05) is 6.01 Å². The second-order valence-corrected chi connectivity index (χ2v) is 11.0. The molecule has 0 radical (unpaired) electrons. The molecule has 5 nitrogen and oxygen atoms in total. The van der Waals surface area contributed by atoms with E-state index in [2.05, 4.69) is 6.92 Å². The summed E-state index contributed by atoms with van der Waals surface area (Å²) in [5.74, 6) is -0.0655. The fourth-order valence-electron chi connectivity index (χ4n) is 7.61. The Morgan fingerprint density at radius 1 is 1.29 bits per heavy atom. The highest BCUT2D eigenvalue weighted by molar-refractivity contribution is 8.13. The molecule has 31 heavy (non-hydrogen) atoms. The normalized spacial score (nSPS) is 46.9. The number of ether oxygens (including phenoxy) is 2. The van der Waals surface area contributed by atoms with Crippen molar-refractivity contribution in [3.05, 3.63) is 23.8 Å². The van der Waals surface area contributed by atoms with Gasteiger partial charge in [-0.15, -0.1) is 0 Å². The molecule has 1 aliphatic heterocycles. The van der Waals surface area contributed by atoms with Gasteiger partial charge in [-0.25, -0.2) is 4.39 Å². The Balaban J connectivity index is 1.56. The van der Waals surface area contributed by atoms with Crippen LogP contribution in [-0.2, 0) is 23.9 Å². The molecule has 1 saturated heterocycles. The minimum Gasteiger partial charge on any atom is -0.449 e. The zero-order valence-electron chi connectivity index (χ0n) is 18.2. The van der Waals surface area contributed by atoms with E-state index in [0.29, 0.717) is 24.6 Å². The SMILES string of the molecule is CCC(=O)O[C@]1(C(=O)SCF)CC[C@H]2[C@@H]3CCC4=CC(=O)C=C[C@]4(C)[C@@]34O[C@H]4C[C@@]21C. The lowest BCUT2D eigenvalue weighted by Gasteiger charge is -2.55. The fraction of sp³-hybridized carbons (Fsp3) is 0.708. The molecule has 0 amide bonds. The number of ketones is 1. The molecule has 0 bridgehead atoms. The molecule has 0 aromatic carbocycles. The van der Waals surface area contributed by atoms with Gasteiger partial charge >= 0.3 is 5.97 Å². The summed E-state index contributed by atoms with van der Waals surface area (Å²) in [5, 5.41) is -0.374. The molecule has 0 aromatic heterocycles. The summed E-state index contributed by atoms with van der Waals surface area (Å²) in [7, 11) is 0. The maximum Gasteiger partial charge on any atom is 0.306 e. The monoisotopic (exact) mass is 448 g/mol. The number of allylic oxidation sites excluding steroid dienone is 2. The third-order valence-corrected chi connectivity index (χ3v) is 9.85. The van der Waals surface area contributed by atoms with Crippen molar-refractivity contribution in [2.45, 2.75) is 76.6 Å². The third-order valence-electron chi connectivity index (χ3n) is 9.15. The summed E-state index contributed by atoms with van der Waals surface area (Å²) >= 11 is 0.613. The van der Waals surface area contributed by atoms with Crippen LogP contribution in [0.5, 0.6) is 0 Å². The Hall–Kier alpha value is -1.47. The molecular formula is C24H29FO5S. The number of halogens is 1. The van der Waals surface area contributed by atoms with E-state index in [0.717, 1.165) is 24.8 Å². The van der Waals surface area contributed by atoms with E-state index in [4.69, 9.17) is 9.47 Å². The Morgan fingerprint density at radius 3 is 2.77 bits per heavy atom. The summed E-state index contributed by atoms with van der Waals surface area (Å²) < 4.78 is 25.6. The number of thioether (sulfide) groups is 1. The highest BCUT2D eigenvalue weighted by Crippen LogP contribution is 2.76. The van der Waals surface area contributed by atoms with Gasteiger partial charge in [0.05, 0.1) is 6.10 Å². The standard InChI is InChI=1S/C24H29FO5S/c1-4-19(27)30-23(20(28)31-13-25)10-8-16-17-6-5-14-11-15(26)7-9-21(14,2)24(17)18(29-24)12-22(16,23)3/h7,9,11,16-18H,4-6,8,10,12-13H2,1-3H3/t16-,17-,18-,21-,22-,23-,24+/m0/s1. The van der Waals surface area contributed by atoms with Gasteiger partial charge in [0.1, 0.15) is 11.6 Å². The molecule has 4 aliphatic carbocycles. The maximum atomic E-state index is 13.2. The van der Waals surface area contributed by atoms with Crippen LogP contribution in [0.4, 0.5) is 4.39 Å². The smallest absolute Gasteiger partial charge is 0.306 e. The number of carbonyl (C=O) groups is 3. The molecule has 3 saturated carbocycles. The number of carbonyl (C=O) groups excluding carboxylic acids is 3. The largest absolute Gasteiger partial charge is 0.449 e. The lowest BCUT2D eigenvalue weighted by Crippen LogP contribution is -2.61. The number of alkyl halides is 1. The van der Waals surface area contributed by atoms with Gasteiger partial charge in [0.2, 0.25) is 5.12 Å². The van der Waals surface area contributed by atoms with Crippen molar-refractivity contribution in [1.29, 1.82) is 0 Å². The van der Waals surface area contributed by atoms with E-state index in [1.54, 1.807) is 19.1 Å². The highest BCUT2D eigenvalue weighted by atomic mass is 32.2. The molecule has 7 heteroatoms. The number of rotatable bonds is 4. The first-order valence-electron chi connectivity index (χ1n) is 11.3. The number of epoxide rings is 1. The number of hydrogen-bond donors (Lipinski definition) is 0. The van der Waals surface area contributed by atoms with Gasteiger partial charge in [-0.05, 0) is 74.8 Å². The van der Waals surface area contributed by atoms with Crippen molar-refractivity contribution in [3.63, 3.8) is 0 Å². The van der Waals surface area contributed by atoms with E-state index in [9.17, 15) is 18.8 Å². The second kappa shape index (κ2) is 6.77. The van der Waals surface area contributed by atoms with Gasteiger partial charge < -0.3 is 9.47 Å². The molecule has 0 aromatic rings. The highest BCUT2D eigenvalue weighted by Gasteiger charge is 2.82. The molecule has 7 atom stereocenters. The van der Waals surface area contributed by atoms with Crippen LogP contribution in [0.25, 0.3) is 0 Å². The van der Waals surface area contributed by atoms with Crippen LogP contribution < -0.4 is 0 Å². The van der Waals surface area contributed by atoms with Crippen molar-refractivity contribution in [2.24, 2.45) is 22.7 Å². The van der Waals surface area contributed by atoms with Crippen LogP contribution in [0, 0.1) is 22.7 Å². The van der Waals surface area contributed by atoms with Gasteiger partial charge in [0.15, 0.2) is 11.4 Å². The molecule has 1 spiro atoms. The molecule has 0 N–H and O–H groups in total. The predicted molar refractivity (Wildman–Crippen MR) is 114 cm³/mol. The summed E-state index contributed by atoms with van der Waals surface area (Å²) in [6.45, 7) is 5.92. The van der Waals surface area contributed by atoms with E-state index in [1.807, 2.05) is 13.0 Å². The molecular weight excluding hydrogens is 419 g/mol. The minimum atomic E-state index is -1.31. The summed E-state index contributed by atoms with van der Waals surface area (Å²) in [5.41, 5.74) is -1.49. The number of esters is 1. The lowest BCUT2D eigenvalue weighted by atomic mass is 9.47. The van der Waals surface area contributed by atoms with Crippen LogP contribution in [0.2, 0.25) is 0 Å². The summed E-state index contributed by atoms with van der Waals surface area (Å²) in [4.78, 5) is 37.6. The average Bonchev–Trinajstić information content (AvgIpc) is 3.38. The van der Waals surface area contributed by atoms with E-state index in [1.165, 1.54) is 0 Å². The van der Waals surface area contributed by atoms with Crippen LogP contribution in [0.1, 0.15) is 59.3 Å². The Bertz CT molecular complexity index is 929. The number of hydrogen-bond acceptors (Lipinski definition) is 6. The molecule has 1 heterocycles. The van der Waals surface area contributed by atoms with Crippen LogP contribution in [0.15, 0.2) is 23.8 Å². The van der Waals surface area contributed by atoms with Crippen LogP contribution in [0.3, 0.4) is 0 Å². The van der Waals surface area contributed by atoms with E-state index < -0.39 is 23.0 Å². The third kappa shape index (κ3) is 2.51. The first-order chi connectivity index (χ1) is 14.7. The average molecular weight is 449 g/mol. The van der Waals surface area contributed by atoms with Gasteiger partial charge in [-0.1, -0.05) is 25.5 Å². The summed E-state index contributed by atoms with van der Waals surface area (Å²) in [6.07, 6.45) is 8.98. The summed E-state index contributed by atoms with van der Waals surface area (Å²) in [6, 6.07) is -0.830. The van der Waals surface area contributed by atoms with Crippen molar-refractivity contribution in [3.8, 4) is 0 Å².